The Hall–Kier alpha value is -2.01. The van der Waals surface area contributed by atoms with Crippen LogP contribution in [-0.2, 0) is 16.0 Å². The molecular formula is C17H18ClNO4. The zero-order valence-corrected chi connectivity index (χ0v) is 13.3. The van der Waals surface area contributed by atoms with Crippen LogP contribution in [0.1, 0.15) is 31.2 Å². The number of carbonyl (C=O) groups excluding carboxylic acids is 2. The van der Waals surface area contributed by atoms with Gasteiger partial charge in [0.05, 0.1) is 6.04 Å². The number of ketones is 1. The van der Waals surface area contributed by atoms with Crippen LogP contribution >= 0.6 is 11.6 Å². The molecule has 6 heteroatoms. The van der Waals surface area contributed by atoms with Gasteiger partial charge in [-0.05, 0) is 36.5 Å². The summed E-state index contributed by atoms with van der Waals surface area (Å²) in [7, 11) is 0. The summed E-state index contributed by atoms with van der Waals surface area (Å²) in [6, 6.07) is 2.59. The minimum absolute atomic E-state index is 0.147. The Morgan fingerprint density at radius 2 is 1.96 bits per heavy atom. The second-order valence-electron chi connectivity index (χ2n) is 6.09. The molecule has 0 spiro atoms. The highest BCUT2D eigenvalue weighted by atomic mass is 35.5. The van der Waals surface area contributed by atoms with E-state index in [-0.39, 0.29) is 23.3 Å². The van der Waals surface area contributed by atoms with Crippen molar-refractivity contribution < 1.29 is 19.8 Å². The summed E-state index contributed by atoms with van der Waals surface area (Å²) in [5.41, 5.74) is 2.96. The predicted octanol–water partition coefficient (Wildman–Crippen LogP) is 2.57. The van der Waals surface area contributed by atoms with Crippen LogP contribution in [0.15, 0.2) is 23.3 Å². The van der Waals surface area contributed by atoms with Crippen LogP contribution in [0.4, 0.5) is 0 Å². The molecule has 3 rings (SSSR count). The van der Waals surface area contributed by atoms with E-state index in [0.29, 0.717) is 42.8 Å². The summed E-state index contributed by atoms with van der Waals surface area (Å²) in [6.07, 6.45) is 3.69. The first-order chi connectivity index (χ1) is 11.0. The molecule has 0 fully saturated rings. The van der Waals surface area contributed by atoms with Gasteiger partial charge in [0.2, 0.25) is 6.41 Å². The third-order valence-electron chi connectivity index (χ3n) is 4.70. The Morgan fingerprint density at radius 3 is 2.70 bits per heavy atom. The van der Waals surface area contributed by atoms with E-state index in [1.165, 1.54) is 12.1 Å². The number of benzene rings is 1. The minimum Gasteiger partial charge on any atom is -0.504 e. The maximum atomic E-state index is 11.7. The Balaban J connectivity index is 1.95. The molecule has 122 valence electrons. The van der Waals surface area contributed by atoms with Gasteiger partial charge in [-0.3, -0.25) is 9.59 Å². The molecule has 0 bridgehead atoms. The molecule has 1 heterocycles. The summed E-state index contributed by atoms with van der Waals surface area (Å²) < 4.78 is 0. The highest BCUT2D eigenvalue weighted by molar-refractivity contribution is 6.31. The van der Waals surface area contributed by atoms with E-state index in [2.05, 4.69) is 0 Å². The van der Waals surface area contributed by atoms with Crippen LogP contribution in [0, 0.1) is 0 Å². The van der Waals surface area contributed by atoms with E-state index in [9.17, 15) is 19.8 Å². The normalized spacial score (nSPS) is 21.3. The van der Waals surface area contributed by atoms with E-state index >= 15 is 0 Å². The maximum absolute atomic E-state index is 11.7. The first-order valence-corrected chi connectivity index (χ1v) is 8.01. The van der Waals surface area contributed by atoms with Crippen LogP contribution in [0.2, 0.25) is 5.02 Å². The van der Waals surface area contributed by atoms with Gasteiger partial charge in [-0.1, -0.05) is 17.2 Å². The summed E-state index contributed by atoms with van der Waals surface area (Å²) >= 11 is 6.16. The molecule has 1 aliphatic carbocycles. The highest BCUT2D eigenvalue weighted by Crippen LogP contribution is 2.37. The molecular weight excluding hydrogens is 318 g/mol. The molecule has 0 radical (unpaired) electrons. The summed E-state index contributed by atoms with van der Waals surface area (Å²) in [6.45, 7) is 0.585. The van der Waals surface area contributed by atoms with E-state index in [1.807, 2.05) is 0 Å². The average molecular weight is 336 g/mol. The van der Waals surface area contributed by atoms with Gasteiger partial charge in [0.15, 0.2) is 11.5 Å². The van der Waals surface area contributed by atoms with Crippen molar-refractivity contribution in [2.75, 3.05) is 6.54 Å². The standard InChI is InChI=1S/C17H18ClNO4/c18-14-8-17(23)16(22)7-11(14)6-15-13-2-1-12(21)5-10(13)3-4-19(15)9-20/h7-9,15,22-23H,1-6H2. The lowest BCUT2D eigenvalue weighted by atomic mass is 9.80. The van der Waals surface area contributed by atoms with Crippen LogP contribution < -0.4 is 0 Å². The van der Waals surface area contributed by atoms with Crippen molar-refractivity contribution in [3.05, 3.63) is 33.9 Å². The van der Waals surface area contributed by atoms with Crippen LogP contribution in [0.25, 0.3) is 0 Å². The fraction of sp³-hybridized carbons (Fsp3) is 0.412. The highest BCUT2D eigenvalue weighted by Gasteiger charge is 2.32. The lowest BCUT2D eigenvalue weighted by Crippen LogP contribution is -2.43. The fourth-order valence-corrected chi connectivity index (χ4v) is 3.72. The van der Waals surface area contributed by atoms with Crippen LogP contribution in [-0.4, -0.2) is 39.9 Å². The molecule has 1 atom stereocenters. The maximum Gasteiger partial charge on any atom is 0.210 e. The zero-order chi connectivity index (χ0) is 16.6. The van der Waals surface area contributed by atoms with E-state index in [1.54, 1.807) is 4.90 Å². The third kappa shape index (κ3) is 3.06. The Labute approximate surface area is 139 Å². The lowest BCUT2D eigenvalue weighted by Gasteiger charge is -2.39. The molecule has 1 amide bonds. The molecule has 0 aromatic heterocycles. The van der Waals surface area contributed by atoms with Gasteiger partial charge in [-0.15, -0.1) is 0 Å². The van der Waals surface area contributed by atoms with Gasteiger partial charge in [0, 0.05) is 30.5 Å². The quantitative estimate of drug-likeness (QED) is 0.505. The van der Waals surface area contributed by atoms with Gasteiger partial charge in [0.1, 0.15) is 5.78 Å². The molecule has 1 aliphatic heterocycles. The second-order valence-corrected chi connectivity index (χ2v) is 6.50. The summed E-state index contributed by atoms with van der Waals surface area (Å²) in [5, 5.41) is 19.5. The molecule has 1 unspecified atom stereocenters. The predicted molar refractivity (Wildman–Crippen MR) is 85.5 cm³/mol. The van der Waals surface area contributed by atoms with E-state index in [0.717, 1.165) is 24.0 Å². The number of phenols is 2. The van der Waals surface area contributed by atoms with Crippen molar-refractivity contribution in [3.63, 3.8) is 0 Å². The number of rotatable bonds is 3. The smallest absolute Gasteiger partial charge is 0.210 e. The lowest BCUT2D eigenvalue weighted by molar-refractivity contribution is -0.120. The number of halogens is 1. The van der Waals surface area contributed by atoms with Crippen molar-refractivity contribution in [1.29, 1.82) is 0 Å². The molecule has 5 nitrogen and oxygen atoms in total. The average Bonchev–Trinajstić information content (AvgIpc) is 2.52. The van der Waals surface area contributed by atoms with Gasteiger partial charge in [0.25, 0.3) is 0 Å². The number of hydrogen-bond donors (Lipinski definition) is 2. The van der Waals surface area contributed by atoms with Crippen LogP contribution in [0.3, 0.4) is 0 Å². The van der Waals surface area contributed by atoms with Gasteiger partial charge in [-0.2, -0.15) is 0 Å². The second kappa shape index (κ2) is 6.24. The number of amides is 1. The van der Waals surface area contributed by atoms with Gasteiger partial charge in [-0.25, -0.2) is 0 Å². The number of aromatic hydroxyl groups is 2. The number of nitrogens with zero attached hydrogens (tertiary/aromatic N) is 1. The Kier molecular flexibility index (Phi) is 4.31. The number of phenolic OH excluding ortho intramolecular Hbond substituents is 2. The molecule has 0 saturated carbocycles. The largest absolute Gasteiger partial charge is 0.504 e. The van der Waals surface area contributed by atoms with Crippen molar-refractivity contribution >= 4 is 23.8 Å². The number of hydrogen-bond acceptors (Lipinski definition) is 4. The monoisotopic (exact) mass is 335 g/mol. The van der Waals surface area contributed by atoms with Gasteiger partial charge >= 0.3 is 0 Å². The minimum atomic E-state index is -0.266. The van der Waals surface area contributed by atoms with Gasteiger partial charge < -0.3 is 15.1 Å². The first-order valence-electron chi connectivity index (χ1n) is 7.63. The zero-order valence-electron chi connectivity index (χ0n) is 12.6. The molecule has 2 N–H and O–H groups in total. The van der Waals surface area contributed by atoms with Crippen LogP contribution in [0.5, 0.6) is 11.5 Å². The number of Topliss-reactive ketones (excluding diaryl/α,β-unsaturated/α-hetero) is 1. The van der Waals surface area contributed by atoms with Crippen molar-refractivity contribution in [2.24, 2.45) is 0 Å². The van der Waals surface area contributed by atoms with E-state index in [4.69, 9.17) is 11.6 Å². The molecule has 2 aliphatic rings. The molecule has 1 aromatic rings. The summed E-state index contributed by atoms with van der Waals surface area (Å²) in [5.74, 6) is -0.244. The van der Waals surface area contributed by atoms with E-state index < -0.39 is 0 Å². The third-order valence-corrected chi connectivity index (χ3v) is 5.06. The Bertz CT molecular complexity index is 698. The SMILES string of the molecule is O=CN1CCC2=C(CCC(=O)C2)C1Cc1cc(O)c(O)cc1Cl. The fourth-order valence-electron chi connectivity index (χ4n) is 3.49. The topological polar surface area (TPSA) is 77.8 Å². The molecule has 0 saturated heterocycles. The molecule has 1 aromatic carbocycles. The van der Waals surface area contributed by atoms with Crippen molar-refractivity contribution in [1.82, 2.24) is 4.90 Å². The Morgan fingerprint density at radius 1 is 1.22 bits per heavy atom. The van der Waals surface area contributed by atoms with Crippen molar-refractivity contribution in [2.45, 2.75) is 38.1 Å². The van der Waals surface area contributed by atoms with Crippen molar-refractivity contribution in [3.8, 4) is 11.5 Å². The first kappa shape index (κ1) is 15.9. The molecule has 23 heavy (non-hydrogen) atoms. The summed E-state index contributed by atoms with van der Waals surface area (Å²) in [4.78, 5) is 24.8. The number of carbonyl (C=O) groups is 2.